The van der Waals surface area contributed by atoms with E-state index in [1.54, 1.807) is 7.05 Å². The molecule has 0 spiro atoms. The SMILES string of the molecule is CNC1(C(=O)OC)COC(C)(C)C(C)(C)C1. The number of hydrogen-bond acceptors (Lipinski definition) is 4. The summed E-state index contributed by atoms with van der Waals surface area (Å²) in [6.45, 7) is 8.70. The molecular weight excluding hydrogens is 206 g/mol. The van der Waals surface area contributed by atoms with Gasteiger partial charge in [-0.3, -0.25) is 0 Å². The number of rotatable bonds is 2. The van der Waals surface area contributed by atoms with Gasteiger partial charge in [-0.1, -0.05) is 13.8 Å². The zero-order chi connectivity index (χ0) is 12.6. The summed E-state index contributed by atoms with van der Waals surface area (Å²) in [5.74, 6) is -0.251. The Kier molecular flexibility index (Phi) is 3.37. The van der Waals surface area contributed by atoms with Crippen molar-refractivity contribution in [1.82, 2.24) is 5.32 Å². The number of likely N-dealkylation sites (N-methyl/N-ethyl adjacent to an activating group) is 1. The highest BCUT2D eigenvalue weighted by Crippen LogP contribution is 2.45. The van der Waals surface area contributed by atoms with Crippen LogP contribution in [0.4, 0.5) is 0 Å². The largest absolute Gasteiger partial charge is 0.468 e. The van der Waals surface area contributed by atoms with Gasteiger partial charge in [-0.05, 0) is 32.7 Å². The van der Waals surface area contributed by atoms with Crippen LogP contribution in [-0.4, -0.2) is 37.9 Å². The molecule has 0 radical (unpaired) electrons. The molecule has 0 bridgehead atoms. The van der Waals surface area contributed by atoms with Crippen molar-refractivity contribution in [2.24, 2.45) is 5.41 Å². The number of nitrogens with one attached hydrogen (secondary N) is 1. The lowest BCUT2D eigenvalue weighted by atomic mass is 9.66. The highest BCUT2D eigenvalue weighted by Gasteiger charge is 2.53. The first-order valence-corrected chi connectivity index (χ1v) is 5.62. The molecule has 1 saturated heterocycles. The van der Waals surface area contributed by atoms with Gasteiger partial charge in [0.15, 0.2) is 0 Å². The van der Waals surface area contributed by atoms with Gasteiger partial charge in [0.25, 0.3) is 0 Å². The van der Waals surface area contributed by atoms with E-state index in [1.165, 1.54) is 7.11 Å². The Bertz CT molecular complexity index is 286. The fraction of sp³-hybridized carbons (Fsp3) is 0.917. The fourth-order valence-corrected chi connectivity index (χ4v) is 2.11. The first-order valence-electron chi connectivity index (χ1n) is 5.62. The third kappa shape index (κ3) is 1.96. The Morgan fingerprint density at radius 2 is 1.88 bits per heavy atom. The highest BCUT2D eigenvalue weighted by molar-refractivity contribution is 5.81. The molecule has 94 valence electrons. The molecule has 1 aliphatic heterocycles. The third-order valence-corrected chi connectivity index (χ3v) is 4.11. The molecule has 0 aliphatic carbocycles. The molecule has 1 N–H and O–H groups in total. The zero-order valence-electron chi connectivity index (χ0n) is 11.1. The van der Waals surface area contributed by atoms with E-state index in [1.807, 2.05) is 0 Å². The van der Waals surface area contributed by atoms with E-state index in [-0.39, 0.29) is 17.0 Å². The summed E-state index contributed by atoms with van der Waals surface area (Å²) in [4.78, 5) is 11.9. The molecule has 4 nitrogen and oxygen atoms in total. The van der Waals surface area contributed by atoms with Crippen molar-refractivity contribution < 1.29 is 14.3 Å². The van der Waals surface area contributed by atoms with Crippen molar-refractivity contribution in [3.63, 3.8) is 0 Å². The summed E-state index contributed by atoms with van der Waals surface area (Å²) in [6.07, 6.45) is 0.705. The van der Waals surface area contributed by atoms with Gasteiger partial charge >= 0.3 is 5.97 Å². The van der Waals surface area contributed by atoms with Crippen LogP contribution in [0.25, 0.3) is 0 Å². The van der Waals surface area contributed by atoms with Crippen LogP contribution in [0.1, 0.15) is 34.1 Å². The van der Waals surface area contributed by atoms with Gasteiger partial charge in [0, 0.05) is 0 Å². The van der Waals surface area contributed by atoms with Crippen molar-refractivity contribution in [3.8, 4) is 0 Å². The number of esters is 1. The molecule has 0 aromatic heterocycles. The number of carbonyl (C=O) groups excluding carboxylic acids is 1. The van der Waals surface area contributed by atoms with Gasteiger partial charge in [0.2, 0.25) is 0 Å². The monoisotopic (exact) mass is 229 g/mol. The molecule has 4 heteroatoms. The number of methoxy groups -OCH3 is 1. The van der Waals surface area contributed by atoms with Gasteiger partial charge in [0.1, 0.15) is 5.54 Å². The quantitative estimate of drug-likeness (QED) is 0.726. The van der Waals surface area contributed by atoms with Gasteiger partial charge < -0.3 is 14.8 Å². The number of hydrogen-bond donors (Lipinski definition) is 1. The first-order chi connectivity index (χ1) is 7.21. The lowest BCUT2D eigenvalue weighted by Gasteiger charge is -2.52. The summed E-state index contributed by atoms with van der Waals surface area (Å²) < 4.78 is 10.7. The van der Waals surface area contributed by atoms with Crippen LogP contribution >= 0.6 is 0 Å². The summed E-state index contributed by atoms with van der Waals surface area (Å²) in [5.41, 5.74) is -1.04. The van der Waals surface area contributed by atoms with Crippen LogP contribution in [0.15, 0.2) is 0 Å². The smallest absolute Gasteiger partial charge is 0.328 e. The van der Waals surface area contributed by atoms with E-state index in [2.05, 4.69) is 33.0 Å². The van der Waals surface area contributed by atoms with Gasteiger partial charge in [-0.2, -0.15) is 0 Å². The first kappa shape index (κ1) is 13.5. The molecule has 0 amide bonds. The van der Waals surface area contributed by atoms with E-state index < -0.39 is 5.54 Å². The Morgan fingerprint density at radius 3 is 2.25 bits per heavy atom. The van der Waals surface area contributed by atoms with Crippen molar-refractivity contribution in [3.05, 3.63) is 0 Å². The van der Waals surface area contributed by atoms with Crippen LogP contribution in [0.3, 0.4) is 0 Å². The second kappa shape index (κ2) is 4.00. The minimum Gasteiger partial charge on any atom is -0.468 e. The Morgan fingerprint density at radius 1 is 1.31 bits per heavy atom. The molecule has 16 heavy (non-hydrogen) atoms. The summed E-state index contributed by atoms with van der Waals surface area (Å²) in [7, 11) is 3.18. The Balaban J connectivity index is 2.99. The van der Waals surface area contributed by atoms with Crippen LogP contribution in [-0.2, 0) is 14.3 Å². The molecule has 1 fully saturated rings. The topological polar surface area (TPSA) is 47.6 Å². The van der Waals surface area contributed by atoms with Crippen molar-refractivity contribution >= 4 is 5.97 Å². The van der Waals surface area contributed by atoms with E-state index in [0.717, 1.165) is 0 Å². The molecule has 1 rings (SSSR count). The van der Waals surface area contributed by atoms with Crippen LogP contribution in [0, 0.1) is 5.41 Å². The average molecular weight is 229 g/mol. The number of ether oxygens (including phenoxy) is 2. The maximum absolute atomic E-state index is 11.9. The zero-order valence-corrected chi connectivity index (χ0v) is 11.1. The maximum Gasteiger partial charge on any atom is 0.328 e. The van der Waals surface area contributed by atoms with Crippen LogP contribution in [0.5, 0.6) is 0 Å². The summed E-state index contributed by atoms with van der Waals surface area (Å²) in [6, 6.07) is 0. The molecule has 0 aromatic rings. The van der Waals surface area contributed by atoms with Crippen molar-refractivity contribution in [1.29, 1.82) is 0 Å². The Labute approximate surface area is 97.7 Å². The molecule has 1 heterocycles. The molecule has 1 unspecified atom stereocenters. The average Bonchev–Trinajstić information content (AvgIpc) is 2.21. The predicted molar refractivity (Wildman–Crippen MR) is 62.2 cm³/mol. The minimum atomic E-state index is -0.715. The minimum absolute atomic E-state index is 0.0948. The highest BCUT2D eigenvalue weighted by atomic mass is 16.5. The summed E-state index contributed by atoms with van der Waals surface area (Å²) in [5, 5.41) is 3.06. The lowest BCUT2D eigenvalue weighted by Crippen LogP contribution is -2.65. The van der Waals surface area contributed by atoms with Crippen LogP contribution < -0.4 is 5.32 Å². The van der Waals surface area contributed by atoms with Crippen LogP contribution in [0.2, 0.25) is 0 Å². The summed E-state index contributed by atoms with van der Waals surface area (Å²) >= 11 is 0. The van der Waals surface area contributed by atoms with E-state index in [9.17, 15) is 4.79 Å². The predicted octanol–water partition coefficient (Wildman–Crippen LogP) is 1.34. The van der Waals surface area contributed by atoms with E-state index in [4.69, 9.17) is 9.47 Å². The van der Waals surface area contributed by atoms with E-state index >= 15 is 0 Å². The van der Waals surface area contributed by atoms with Gasteiger partial charge in [0.05, 0.1) is 19.3 Å². The lowest BCUT2D eigenvalue weighted by molar-refractivity contribution is -0.189. The van der Waals surface area contributed by atoms with Gasteiger partial charge in [-0.15, -0.1) is 0 Å². The number of carbonyl (C=O) groups is 1. The van der Waals surface area contributed by atoms with E-state index in [0.29, 0.717) is 13.0 Å². The molecule has 1 aliphatic rings. The second-order valence-electron chi connectivity index (χ2n) is 5.68. The normalized spacial score (nSPS) is 32.1. The standard InChI is InChI=1S/C12H23NO3/c1-10(2)7-12(13-5,9(14)15-6)8-16-11(10,3)4/h13H,7-8H2,1-6H3. The molecule has 1 atom stereocenters. The molecular formula is C12H23NO3. The maximum atomic E-state index is 11.9. The van der Waals surface area contributed by atoms with Gasteiger partial charge in [-0.25, -0.2) is 4.79 Å². The molecule has 0 saturated carbocycles. The van der Waals surface area contributed by atoms with Crippen molar-refractivity contribution in [2.45, 2.75) is 45.3 Å². The van der Waals surface area contributed by atoms with Crippen molar-refractivity contribution in [2.75, 3.05) is 20.8 Å². The second-order valence-corrected chi connectivity index (χ2v) is 5.68. The Hall–Kier alpha value is -0.610. The molecule has 0 aromatic carbocycles. The fourth-order valence-electron chi connectivity index (χ4n) is 2.11. The third-order valence-electron chi connectivity index (χ3n) is 4.11.